The molecule has 0 bridgehead atoms. The number of benzene rings is 1. The fourth-order valence-electron chi connectivity index (χ4n) is 2.72. The Morgan fingerprint density at radius 3 is 2.65 bits per heavy atom. The highest BCUT2D eigenvalue weighted by Crippen LogP contribution is 2.22. The van der Waals surface area contributed by atoms with Crippen molar-refractivity contribution in [3.05, 3.63) is 35.9 Å². The molecule has 1 fully saturated rings. The van der Waals surface area contributed by atoms with Crippen LogP contribution in [0.5, 0.6) is 0 Å². The highest BCUT2D eigenvalue weighted by molar-refractivity contribution is 5.16. The second-order valence-corrected chi connectivity index (χ2v) is 5.75. The molecule has 1 saturated heterocycles. The predicted octanol–water partition coefficient (Wildman–Crippen LogP) is 2.27. The number of ether oxygens (including phenoxy) is 1. The first-order valence-electron chi connectivity index (χ1n) is 6.61. The van der Waals surface area contributed by atoms with Crippen molar-refractivity contribution in [1.82, 2.24) is 0 Å². The molecule has 1 heterocycles. The van der Waals surface area contributed by atoms with E-state index in [0.717, 1.165) is 13.0 Å². The van der Waals surface area contributed by atoms with Crippen LogP contribution in [0.1, 0.15) is 45.2 Å². The van der Waals surface area contributed by atoms with E-state index in [0.29, 0.717) is 12.1 Å². The van der Waals surface area contributed by atoms with Crippen LogP contribution in [0.4, 0.5) is 0 Å². The van der Waals surface area contributed by atoms with Gasteiger partial charge in [0.15, 0.2) is 0 Å². The molecule has 0 saturated carbocycles. The fraction of sp³-hybridized carbons (Fsp3) is 0.600. The number of hydrogen-bond acceptors (Lipinski definition) is 1. The Hall–Kier alpha value is -0.860. The van der Waals surface area contributed by atoms with E-state index in [9.17, 15) is 0 Å². The molecule has 2 heteroatoms. The average molecular weight is 234 g/mol. The molecule has 1 aliphatic rings. The lowest BCUT2D eigenvalue weighted by Crippen LogP contribution is -2.91. The van der Waals surface area contributed by atoms with Crippen LogP contribution in [0, 0.1) is 0 Å². The molecular formula is C15H24NO+. The van der Waals surface area contributed by atoms with Gasteiger partial charge in [0.25, 0.3) is 0 Å². The van der Waals surface area contributed by atoms with Gasteiger partial charge in [-0.2, -0.15) is 0 Å². The third kappa shape index (κ3) is 3.55. The molecule has 1 aliphatic heterocycles. The van der Waals surface area contributed by atoms with Gasteiger partial charge < -0.3 is 10.1 Å². The van der Waals surface area contributed by atoms with Crippen molar-refractivity contribution in [2.75, 3.05) is 6.61 Å². The van der Waals surface area contributed by atoms with Crippen LogP contribution in [-0.2, 0) is 4.74 Å². The monoisotopic (exact) mass is 234 g/mol. The van der Waals surface area contributed by atoms with E-state index in [-0.39, 0.29) is 5.60 Å². The number of rotatable bonds is 3. The molecule has 0 unspecified atom stereocenters. The van der Waals surface area contributed by atoms with Gasteiger partial charge in [0, 0.05) is 18.4 Å². The molecule has 0 spiro atoms. The van der Waals surface area contributed by atoms with Gasteiger partial charge in [0.05, 0.1) is 18.2 Å². The maximum Gasteiger partial charge on any atom is 0.109 e. The third-order valence-electron chi connectivity index (χ3n) is 3.62. The number of hydrogen-bond donors (Lipinski definition) is 1. The van der Waals surface area contributed by atoms with Gasteiger partial charge >= 0.3 is 0 Å². The maximum atomic E-state index is 5.76. The third-order valence-corrected chi connectivity index (χ3v) is 3.62. The first kappa shape index (κ1) is 12.6. The standard InChI is InChI=1S/C15H23NO/c1-12(13-7-5-4-6-8-13)16-14-9-10-17-15(2,3)11-14/h4-8,12,14,16H,9-11H2,1-3H3/p+1/t12-,14+/m1/s1. The van der Waals surface area contributed by atoms with E-state index in [1.165, 1.54) is 12.0 Å². The molecule has 0 radical (unpaired) electrons. The Labute approximate surface area is 104 Å². The fourth-order valence-corrected chi connectivity index (χ4v) is 2.72. The summed E-state index contributed by atoms with van der Waals surface area (Å²) in [4.78, 5) is 0. The van der Waals surface area contributed by atoms with Crippen LogP contribution in [0.3, 0.4) is 0 Å². The summed E-state index contributed by atoms with van der Waals surface area (Å²) < 4.78 is 5.76. The van der Waals surface area contributed by atoms with E-state index in [1.807, 2.05) is 0 Å². The van der Waals surface area contributed by atoms with E-state index >= 15 is 0 Å². The maximum absolute atomic E-state index is 5.76. The molecule has 17 heavy (non-hydrogen) atoms. The van der Waals surface area contributed by atoms with Crippen molar-refractivity contribution < 1.29 is 10.1 Å². The lowest BCUT2D eigenvalue weighted by atomic mass is 9.93. The smallest absolute Gasteiger partial charge is 0.109 e. The summed E-state index contributed by atoms with van der Waals surface area (Å²) >= 11 is 0. The van der Waals surface area contributed by atoms with E-state index in [4.69, 9.17) is 4.74 Å². The molecule has 2 nitrogen and oxygen atoms in total. The Morgan fingerprint density at radius 2 is 2.00 bits per heavy atom. The van der Waals surface area contributed by atoms with E-state index in [2.05, 4.69) is 56.4 Å². The molecule has 0 amide bonds. The number of quaternary nitrogens is 1. The Kier molecular flexibility index (Phi) is 3.85. The molecule has 2 atom stereocenters. The predicted molar refractivity (Wildman–Crippen MR) is 69.8 cm³/mol. The van der Waals surface area contributed by atoms with Crippen LogP contribution in [-0.4, -0.2) is 18.2 Å². The molecule has 0 aromatic heterocycles. The Balaban J connectivity index is 1.93. The molecule has 1 aromatic rings. The topological polar surface area (TPSA) is 25.8 Å². The molecule has 94 valence electrons. The normalized spacial score (nSPS) is 25.5. The summed E-state index contributed by atoms with van der Waals surface area (Å²) in [5.74, 6) is 0. The second-order valence-electron chi connectivity index (χ2n) is 5.75. The van der Waals surface area contributed by atoms with Crippen molar-refractivity contribution in [2.45, 2.75) is 51.3 Å². The summed E-state index contributed by atoms with van der Waals surface area (Å²) in [6.45, 7) is 7.58. The summed E-state index contributed by atoms with van der Waals surface area (Å²) in [5.41, 5.74) is 1.47. The molecule has 2 rings (SSSR count). The van der Waals surface area contributed by atoms with E-state index in [1.54, 1.807) is 0 Å². The zero-order valence-corrected chi connectivity index (χ0v) is 11.1. The SMILES string of the molecule is C[C@@H]([NH2+][C@H]1CCOC(C)(C)C1)c1ccccc1. The highest BCUT2D eigenvalue weighted by Gasteiger charge is 2.31. The summed E-state index contributed by atoms with van der Waals surface area (Å²) in [6, 6.07) is 12.0. The van der Waals surface area contributed by atoms with Gasteiger partial charge in [-0.1, -0.05) is 30.3 Å². The van der Waals surface area contributed by atoms with Crippen molar-refractivity contribution in [3.63, 3.8) is 0 Å². The van der Waals surface area contributed by atoms with Crippen LogP contribution in [0.15, 0.2) is 30.3 Å². The molecule has 1 aromatic carbocycles. The van der Waals surface area contributed by atoms with Crippen molar-refractivity contribution in [2.24, 2.45) is 0 Å². The average Bonchev–Trinajstić information content (AvgIpc) is 2.29. The lowest BCUT2D eigenvalue weighted by Gasteiger charge is -2.35. The Bertz CT molecular complexity index is 347. The molecule has 0 aliphatic carbocycles. The van der Waals surface area contributed by atoms with Crippen molar-refractivity contribution in [1.29, 1.82) is 0 Å². The second kappa shape index (κ2) is 5.19. The van der Waals surface area contributed by atoms with Gasteiger partial charge in [-0.15, -0.1) is 0 Å². The first-order valence-corrected chi connectivity index (χ1v) is 6.61. The highest BCUT2D eigenvalue weighted by atomic mass is 16.5. The van der Waals surface area contributed by atoms with Crippen molar-refractivity contribution >= 4 is 0 Å². The first-order chi connectivity index (χ1) is 8.07. The quantitative estimate of drug-likeness (QED) is 0.853. The zero-order valence-electron chi connectivity index (χ0n) is 11.1. The molecule has 2 N–H and O–H groups in total. The lowest BCUT2D eigenvalue weighted by molar-refractivity contribution is -0.729. The number of nitrogens with two attached hydrogens (primary N) is 1. The minimum absolute atomic E-state index is 0.0514. The van der Waals surface area contributed by atoms with Crippen LogP contribution in [0.2, 0.25) is 0 Å². The summed E-state index contributed by atoms with van der Waals surface area (Å²) in [7, 11) is 0. The summed E-state index contributed by atoms with van der Waals surface area (Å²) in [5, 5.41) is 2.50. The van der Waals surface area contributed by atoms with Gasteiger partial charge in [0.2, 0.25) is 0 Å². The van der Waals surface area contributed by atoms with Crippen LogP contribution in [0.25, 0.3) is 0 Å². The van der Waals surface area contributed by atoms with Crippen molar-refractivity contribution in [3.8, 4) is 0 Å². The van der Waals surface area contributed by atoms with E-state index < -0.39 is 0 Å². The molecular weight excluding hydrogens is 210 g/mol. The minimum atomic E-state index is 0.0514. The van der Waals surface area contributed by atoms with Crippen LogP contribution >= 0.6 is 0 Å². The Morgan fingerprint density at radius 1 is 1.29 bits per heavy atom. The minimum Gasteiger partial charge on any atom is -0.375 e. The zero-order chi connectivity index (χ0) is 12.3. The van der Waals surface area contributed by atoms with Crippen LogP contribution < -0.4 is 5.32 Å². The summed E-state index contributed by atoms with van der Waals surface area (Å²) in [6.07, 6.45) is 2.31. The van der Waals surface area contributed by atoms with Gasteiger partial charge in [-0.3, -0.25) is 0 Å². The van der Waals surface area contributed by atoms with Gasteiger partial charge in [0.1, 0.15) is 6.04 Å². The van der Waals surface area contributed by atoms with Gasteiger partial charge in [-0.25, -0.2) is 0 Å². The largest absolute Gasteiger partial charge is 0.375 e. The van der Waals surface area contributed by atoms with Gasteiger partial charge in [-0.05, 0) is 20.8 Å².